The number of carbonyl (C=O) groups is 1. The summed E-state index contributed by atoms with van der Waals surface area (Å²) < 4.78 is 137. The van der Waals surface area contributed by atoms with Crippen molar-refractivity contribution in [3.63, 3.8) is 0 Å². The number of aryl methyl sites for hydroxylation is 1. The fourth-order valence-corrected chi connectivity index (χ4v) is 9.66. The second-order valence-electron chi connectivity index (χ2n) is 12.6. The van der Waals surface area contributed by atoms with Crippen LogP contribution in [0.3, 0.4) is 0 Å². The summed E-state index contributed by atoms with van der Waals surface area (Å²) in [6.07, 6.45) is -13.2. The van der Waals surface area contributed by atoms with Gasteiger partial charge in [-0.15, -0.1) is 0 Å². The third-order valence-electron chi connectivity index (χ3n) is 10.2. The number of alkyl halides is 7. The average molecular weight is 624 g/mol. The minimum absolute atomic E-state index is 0.0358. The maximum atomic E-state index is 15.0. The van der Waals surface area contributed by atoms with Gasteiger partial charge < -0.3 is 4.90 Å². The van der Waals surface area contributed by atoms with Gasteiger partial charge in [0.1, 0.15) is 10.6 Å². The number of sulfone groups is 1. The van der Waals surface area contributed by atoms with Crippen molar-refractivity contribution in [2.75, 3.05) is 6.54 Å². The molecule has 5 rings (SSSR count). The number of fused-ring (bicyclic) bond motifs is 3. The van der Waals surface area contributed by atoms with E-state index in [4.69, 9.17) is 0 Å². The lowest BCUT2D eigenvalue weighted by Crippen LogP contribution is -2.53. The molecule has 4 nitrogen and oxygen atoms in total. The molecular weight excluding hydrogens is 594 g/mol. The van der Waals surface area contributed by atoms with Gasteiger partial charge in [0, 0.05) is 18.0 Å². The van der Waals surface area contributed by atoms with E-state index in [9.17, 15) is 48.3 Å². The third-order valence-corrected chi connectivity index (χ3v) is 12.8. The second kappa shape index (κ2) is 8.92. The van der Waals surface area contributed by atoms with Crippen molar-refractivity contribution in [3.05, 3.63) is 65.0 Å². The molecule has 3 aliphatic rings. The van der Waals surface area contributed by atoms with Crippen molar-refractivity contribution in [3.8, 4) is 0 Å². The highest BCUT2D eigenvalue weighted by molar-refractivity contribution is 7.92. The minimum atomic E-state index is -6.34. The highest BCUT2D eigenvalue weighted by atomic mass is 32.2. The van der Waals surface area contributed by atoms with Crippen molar-refractivity contribution in [2.45, 2.75) is 80.7 Å². The van der Waals surface area contributed by atoms with Crippen LogP contribution in [0.4, 0.5) is 35.1 Å². The van der Waals surface area contributed by atoms with E-state index in [1.807, 2.05) is 27.7 Å². The lowest BCUT2D eigenvalue weighted by atomic mass is 9.76. The second-order valence-corrected chi connectivity index (χ2v) is 14.8. The summed E-state index contributed by atoms with van der Waals surface area (Å²) in [5.41, 5.74) is -8.47. The highest BCUT2D eigenvalue weighted by Crippen LogP contribution is 2.69. The van der Waals surface area contributed by atoms with Crippen LogP contribution < -0.4 is 0 Å². The Kier molecular flexibility index (Phi) is 6.53. The number of benzene rings is 2. The molecule has 0 bridgehead atoms. The maximum absolute atomic E-state index is 15.0. The molecule has 1 saturated carbocycles. The van der Waals surface area contributed by atoms with Crippen LogP contribution in [0.2, 0.25) is 0 Å². The van der Waals surface area contributed by atoms with E-state index < -0.39 is 66.8 Å². The monoisotopic (exact) mass is 623 g/mol. The number of halogens is 8. The van der Waals surface area contributed by atoms with Crippen molar-refractivity contribution in [1.29, 1.82) is 0 Å². The third kappa shape index (κ3) is 3.83. The first-order valence-electron chi connectivity index (χ1n) is 13.3. The Hall–Kier alpha value is -2.70. The van der Waals surface area contributed by atoms with Gasteiger partial charge >= 0.3 is 18.0 Å². The summed E-state index contributed by atoms with van der Waals surface area (Å²) in [4.78, 5) is 15.0. The first-order chi connectivity index (χ1) is 19.1. The topological polar surface area (TPSA) is 54.5 Å². The van der Waals surface area contributed by atoms with E-state index >= 15 is 0 Å². The normalized spacial score (nSPS) is 25.6. The molecule has 2 aromatic rings. The summed E-state index contributed by atoms with van der Waals surface area (Å²) in [6.45, 7) is 7.62. The standard InChI is InChI=1S/C29H29F8NO3S/c1-24(2)22(25(24,3)4)23(39)38-14-13-26(42(40,41)19-9-7-18(30)8-10-19)20-11-6-17(15-16(20)5-12-21(26)38)27(31,28(32,33)34)29(35,36)37/h6-11,15,21-22H,5,12-14H2,1-4H3/t21-,26-/m1/s1. The molecule has 1 amide bonds. The largest absolute Gasteiger partial charge is 0.435 e. The molecule has 230 valence electrons. The predicted octanol–water partition coefficient (Wildman–Crippen LogP) is 7.01. The number of nitrogens with zero attached hydrogens (tertiary/aromatic N) is 1. The Balaban J connectivity index is 1.69. The summed E-state index contributed by atoms with van der Waals surface area (Å²) in [7, 11) is -4.52. The van der Waals surface area contributed by atoms with Gasteiger partial charge in [0.15, 0.2) is 9.84 Å². The molecule has 0 N–H and O–H groups in total. The number of likely N-dealkylation sites (tertiary alicyclic amines) is 1. The van der Waals surface area contributed by atoms with Crippen molar-refractivity contribution in [2.24, 2.45) is 16.7 Å². The molecule has 1 heterocycles. The zero-order valence-electron chi connectivity index (χ0n) is 23.1. The first-order valence-corrected chi connectivity index (χ1v) is 14.8. The SMILES string of the molecule is CC1(C)C(C(=O)N2CC[C@@]3(S(=O)(=O)c4ccc(F)cc4)c4ccc(C(F)(C(F)(F)F)C(F)(F)F)cc4CC[C@@H]23)C1(C)C. The van der Waals surface area contributed by atoms with Crippen LogP contribution in [0.25, 0.3) is 0 Å². The van der Waals surface area contributed by atoms with Crippen LogP contribution >= 0.6 is 0 Å². The molecule has 1 aliphatic heterocycles. The van der Waals surface area contributed by atoms with Crippen molar-refractivity contribution < 1.29 is 48.3 Å². The van der Waals surface area contributed by atoms with E-state index in [0.717, 1.165) is 30.3 Å². The predicted molar refractivity (Wildman–Crippen MR) is 136 cm³/mol. The number of carbonyl (C=O) groups excluding carboxylic acids is 1. The van der Waals surface area contributed by atoms with Gasteiger partial charge in [0.05, 0.1) is 10.9 Å². The Bertz CT molecular complexity index is 1520. The maximum Gasteiger partial charge on any atom is 0.435 e. The van der Waals surface area contributed by atoms with E-state index in [0.29, 0.717) is 12.1 Å². The Morgan fingerprint density at radius 3 is 1.93 bits per heavy atom. The molecule has 42 heavy (non-hydrogen) atoms. The molecule has 2 atom stereocenters. The molecule has 0 unspecified atom stereocenters. The molecule has 1 saturated heterocycles. The summed E-state index contributed by atoms with van der Waals surface area (Å²) >= 11 is 0. The van der Waals surface area contributed by atoms with Gasteiger partial charge in [-0.2, -0.15) is 26.3 Å². The number of rotatable bonds is 4. The fourth-order valence-electron chi connectivity index (χ4n) is 7.30. The average Bonchev–Trinajstić information content (AvgIpc) is 3.14. The molecule has 2 aromatic carbocycles. The van der Waals surface area contributed by atoms with Crippen LogP contribution in [0.1, 0.15) is 57.2 Å². The van der Waals surface area contributed by atoms with Crippen molar-refractivity contribution in [1.82, 2.24) is 4.90 Å². The molecule has 0 radical (unpaired) electrons. The van der Waals surface area contributed by atoms with Gasteiger partial charge in [-0.1, -0.05) is 45.9 Å². The number of amides is 1. The molecule has 0 spiro atoms. The van der Waals surface area contributed by atoms with Crippen molar-refractivity contribution >= 4 is 15.7 Å². The van der Waals surface area contributed by atoms with E-state index in [1.54, 1.807) is 0 Å². The Morgan fingerprint density at radius 1 is 0.881 bits per heavy atom. The smallest absolute Gasteiger partial charge is 0.337 e. The molecule has 2 fully saturated rings. The molecule has 2 aliphatic carbocycles. The van der Waals surface area contributed by atoms with E-state index in [2.05, 4.69) is 0 Å². The van der Waals surface area contributed by atoms with Gasteiger partial charge in [0.25, 0.3) is 0 Å². The quantitative estimate of drug-likeness (QED) is 0.272. The fraction of sp³-hybridized carbons (Fsp3) is 0.552. The molecule has 13 heteroatoms. The van der Waals surface area contributed by atoms with Gasteiger partial charge in [-0.25, -0.2) is 17.2 Å². The Labute approximate surface area is 238 Å². The van der Waals surface area contributed by atoms with Crippen LogP contribution in [-0.4, -0.2) is 44.2 Å². The Morgan fingerprint density at radius 2 is 1.43 bits per heavy atom. The molecular formula is C29H29F8NO3S. The molecule has 0 aromatic heterocycles. The number of hydrogen-bond donors (Lipinski definition) is 0. The lowest BCUT2D eigenvalue weighted by Gasteiger charge is -2.43. The summed E-state index contributed by atoms with van der Waals surface area (Å²) in [5, 5.41) is 0. The number of hydrogen-bond acceptors (Lipinski definition) is 3. The van der Waals surface area contributed by atoms with E-state index in [1.165, 1.54) is 4.90 Å². The van der Waals surface area contributed by atoms with Gasteiger partial charge in [-0.3, -0.25) is 4.79 Å². The van der Waals surface area contributed by atoms with Crippen LogP contribution in [0.5, 0.6) is 0 Å². The van der Waals surface area contributed by atoms with E-state index in [-0.39, 0.29) is 47.7 Å². The zero-order chi connectivity index (χ0) is 31.5. The lowest BCUT2D eigenvalue weighted by molar-refractivity contribution is -0.348. The zero-order valence-corrected chi connectivity index (χ0v) is 23.9. The minimum Gasteiger partial charge on any atom is -0.337 e. The summed E-state index contributed by atoms with van der Waals surface area (Å²) in [5.74, 6) is -1.45. The van der Waals surface area contributed by atoms with Gasteiger partial charge in [0.2, 0.25) is 5.91 Å². The highest BCUT2D eigenvalue weighted by Gasteiger charge is 2.74. The summed E-state index contributed by atoms with van der Waals surface area (Å²) in [6, 6.07) is 4.44. The van der Waals surface area contributed by atoms with Gasteiger partial charge in [-0.05, 0) is 65.5 Å². The van der Waals surface area contributed by atoms with Crippen LogP contribution in [0.15, 0.2) is 47.4 Å². The first kappa shape index (κ1) is 30.7. The van der Waals surface area contributed by atoms with Crippen LogP contribution in [0, 0.1) is 22.6 Å². The van der Waals surface area contributed by atoms with Crippen LogP contribution in [-0.2, 0) is 31.5 Å².